The van der Waals surface area contributed by atoms with Gasteiger partial charge in [-0.2, -0.15) is 0 Å². The number of carbonyl (C=O) groups excluding carboxylic acids is 1. The summed E-state index contributed by atoms with van der Waals surface area (Å²) in [6, 6.07) is 0. The number of ether oxygens (including phenoxy) is 1. The highest BCUT2D eigenvalue weighted by Gasteiger charge is 2.42. The highest BCUT2D eigenvalue weighted by molar-refractivity contribution is 5.81. The Balaban J connectivity index is 1.96. The molecular weight excluding hydrogens is 214 g/mol. The van der Waals surface area contributed by atoms with Crippen LogP contribution in [0.15, 0.2) is 0 Å². The Labute approximate surface area is 104 Å². The molecule has 2 aliphatic carbocycles. The van der Waals surface area contributed by atoms with E-state index >= 15 is 0 Å². The van der Waals surface area contributed by atoms with Crippen LogP contribution in [-0.2, 0) is 9.53 Å². The maximum atomic E-state index is 12.2. The van der Waals surface area contributed by atoms with E-state index in [1.165, 1.54) is 12.8 Å². The van der Waals surface area contributed by atoms with Gasteiger partial charge in [-0.25, -0.2) is 0 Å². The summed E-state index contributed by atoms with van der Waals surface area (Å²) >= 11 is 0. The first-order valence-electron chi connectivity index (χ1n) is 7.08. The Morgan fingerprint density at radius 3 is 2.47 bits per heavy atom. The van der Waals surface area contributed by atoms with Gasteiger partial charge < -0.3 is 10.1 Å². The van der Waals surface area contributed by atoms with Crippen LogP contribution in [-0.4, -0.2) is 24.7 Å². The number of hydrogen-bond acceptors (Lipinski definition) is 3. The first kappa shape index (κ1) is 12.9. The van der Waals surface area contributed by atoms with Gasteiger partial charge in [-0.1, -0.05) is 6.92 Å². The number of rotatable bonds is 5. The maximum absolute atomic E-state index is 12.2. The molecule has 3 nitrogen and oxygen atoms in total. The summed E-state index contributed by atoms with van der Waals surface area (Å²) in [7, 11) is 0. The van der Waals surface area contributed by atoms with E-state index < -0.39 is 0 Å². The van der Waals surface area contributed by atoms with Crippen LogP contribution >= 0.6 is 0 Å². The van der Waals surface area contributed by atoms with E-state index in [1.54, 1.807) is 0 Å². The van der Waals surface area contributed by atoms with Crippen LogP contribution in [0.2, 0.25) is 0 Å². The van der Waals surface area contributed by atoms with Crippen LogP contribution in [0.1, 0.15) is 52.4 Å². The fraction of sp³-hybridized carbons (Fsp3) is 0.929. The lowest BCUT2D eigenvalue weighted by molar-refractivity contribution is -0.153. The topological polar surface area (TPSA) is 38.3 Å². The van der Waals surface area contributed by atoms with Crippen LogP contribution in [0.5, 0.6) is 0 Å². The maximum Gasteiger partial charge on any atom is 0.326 e. The molecule has 2 aliphatic rings. The van der Waals surface area contributed by atoms with Gasteiger partial charge in [-0.05, 0) is 63.8 Å². The summed E-state index contributed by atoms with van der Waals surface area (Å²) in [6.07, 6.45) is 6.80. The van der Waals surface area contributed by atoms with Crippen LogP contribution in [0.4, 0.5) is 0 Å². The zero-order valence-corrected chi connectivity index (χ0v) is 11.1. The lowest BCUT2D eigenvalue weighted by atomic mass is 9.77. The van der Waals surface area contributed by atoms with Gasteiger partial charge in [0.2, 0.25) is 0 Å². The molecule has 17 heavy (non-hydrogen) atoms. The standard InChI is InChI=1S/C14H25NO2/c1-3-17-13(16)14(15-10-12-4-5-12)8-6-11(2)7-9-14/h11-12,15H,3-10H2,1-2H3. The third-order valence-corrected chi connectivity index (χ3v) is 4.22. The SMILES string of the molecule is CCOC(=O)C1(NCC2CC2)CCC(C)CC1. The lowest BCUT2D eigenvalue weighted by Crippen LogP contribution is -2.55. The molecule has 0 aliphatic heterocycles. The molecule has 2 saturated carbocycles. The molecule has 0 radical (unpaired) electrons. The largest absolute Gasteiger partial charge is 0.465 e. The van der Waals surface area contributed by atoms with Gasteiger partial charge in [-0.3, -0.25) is 4.79 Å². The van der Waals surface area contributed by atoms with E-state index in [2.05, 4.69) is 12.2 Å². The van der Waals surface area contributed by atoms with E-state index in [0.717, 1.165) is 44.1 Å². The Kier molecular flexibility index (Phi) is 4.08. The normalized spacial score (nSPS) is 33.4. The Hall–Kier alpha value is -0.570. The highest BCUT2D eigenvalue weighted by Crippen LogP contribution is 2.35. The molecule has 3 heteroatoms. The molecule has 98 valence electrons. The number of carbonyl (C=O) groups is 1. The van der Waals surface area contributed by atoms with Gasteiger partial charge >= 0.3 is 5.97 Å². The summed E-state index contributed by atoms with van der Waals surface area (Å²) in [6.45, 7) is 5.64. The monoisotopic (exact) mass is 239 g/mol. The first-order chi connectivity index (χ1) is 8.16. The van der Waals surface area contributed by atoms with Crippen molar-refractivity contribution in [3.05, 3.63) is 0 Å². The van der Waals surface area contributed by atoms with Crippen LogP contribution < -0.4 is 5.32 Å². The van der Waals surface area contributed by atoms with E-state index in [4.69, 9.17) is 4.74 Å². The van der Waals surface area contributed by atoms with Gasteiger partial charge in [0.25, 0.3) is 0 Å². The molecule has 0 amide bonds. The van der Waals surface area contributed by atoms with Crippen LogP contribution in [0, 0.1) is 11.8 Å². The fourth-order valence-corrected chi connectivity index (χ4v) is 2.64. The molecule has 0 spiro atoms. The molecule has 0 heterocycles. The molecule has 0 atom stereocenters. The van der Waals surface area contributed by atoms with E-state index in [9.17, 15) is 4.79 Å². The second-order valence-corrected chi connectivity index (χ2v) is 5.81. The Morgan fingerprint density at radius 1 is 1.29 bits per heavy atom. The highest BCUT2D eigenvalue weighted by atomic mass is 16.5. The molecule has 0 bridgehead atoms. The van der Waals surface area contributed by atoms with Gasteiger partial charge in [0.1, 0.15) is 5.54 Å². The van der Waals surface area contributed by atoms with Gasteiger partial charge in [0.15, 0.2) is 0 Å². The first-order valence-corrected chi connectivity index (χ1v) is 7.08. The van der Waals surface area contributed by atoms with Crippen LogP contribution in [0.3, 0.4) is 0 Å². The number of nitrogens with one attached hydrogen (secondary N) is 1. The predicted molar refractivity (Wildman–Crippen MR) is 67.7 cm³/mol. The summed E-state index contributed by atoms with van der Waals surface area (Å²) in [4.78, 5) is 12.2. The van der Waals surface area contributed by atoms with Crippen molar-refractivity contribution in [2.24, 2.45) is 11.8 Å². The summed E-state index contributed by atoms with van der Waals surface area (Å²) < 4.78 is 5.27. The summed E-state index contributed by atoms with van der Waals surface area (Å²) in [5, 5.41) is 3.53. The van der Waals surface area contributed by atoms with Crippen molar-refractivity contribution in [2.75, 3.05) is 13.2 Å². The third-order valence-electron chi connectivity index (χ3n) is 4.22. The smallest absolute Gasteiger partial charge is 0.326 e. The minimum atomic E-state index is -0.370. The Bertz CT molecular complexity index is 265. The average Bonchev–Trinajstić information content (AvgIpc) is 3.13. The summed E-state index contributed by atoms with van der Waals surface area (Å²) in [5.41, 5.74) is -0.370. The number of esters is 1. The van der Waals surface area contributed by atoms with Crippen molar-refractivity contribution in [2.45, 2.75) is 57.9 Å². The third kappa shape index (κ3) is 3.21. The van der Waals surface area contributed by atoms with E-state index in [0.29, 0.717) is 6.61 Å². The zero-order chi connectivity index (χ0) is 12.3. The molecule has 2 fully saturated rings. The second-order valence-electron chi connectivity index (χ2n) is 5.81. The molecule has 0 aromatic heterocycles. The average molecular weight is 239 g/mol. The van der Waals surface area contributed by atoms with Crippen LogP contribution in [0.25, 0.3) is 0 Å². The molecular formula is C14H25NO2. The second kappa shape index (κ2) is 5.38. The minimum absolute atomic E-state index is 0.0208. The van der Waals surface area contributed by atoms with Crippen molar-refractivity contribution >= 4 is 5.97 Å². The lowest BCUT2D eigenvalue weighted by Gasteiger charge is -2.38. The van der Waals surface area contributed by atoms with Crippen molar-refractivity contribution in [1.29, 1.82) is 0 Å². The summed E-state index contributed by atoms with van der Waals surface area (Å²) in [5.74, 6) is 1.54. The van der Waals surface area contributed by atoms with E-state index in [-0.39, 0.29) is 11.5 Å². The Morgan fingerprint density at radius 2 is 1.94 bits per heavy atom. The van der Waals surface area contributed by atoms with Gasteiger partial charge in [0, 0.05) is 0 Å². The molecule has 2 rings (SSSR count). The molecule has 1 N–H and O–H groups in total. The van der Waals surface area contributed by atoms with Crippen molar-refractivity contribution in [3.63, 3.8) is 0 Å². The molecule has 0 aromatic carbocycles. The quantitative estimate of drug-likeness (QED) is 0.749. The molecule has 0 saturated heterocycles. The predicted octanol–water partition coefficient (Wildman–Crippen LogP) is 2.50. The molecule has 0 unspecified atom stereocenters. The number of hydrogen-bond donors (Lipinski definition) is 1. The van der Waals surface area contributed by atoms with Gasteiger partial charge in [0.05, 0.1) is 6.61 Å². The van der Waals surface area contributed by atoms with Gasteiger partial charge in [-0.15, -0.1) is 0 Å². The van der Waals surface area contributed by atoms with Crippen molar-refractivity contribution < 1.29 is 9.53 Å². The minimum Gasteiger partial charge on any atom is -0.465 e. The fourth-order valence-electron chi connectivity index (χ4n) is 2.64. The molecule has 0 aromatic rings. The van der Waals surface area contributed by atoms with Crippen molar-refractivity contribution in [3.8, 4) is 0 Å². The van der Waals surface area contributed by atoms with E-state index in [1.807, 2.05) is 6.92 Å². The van der Waals surface area contributed by atoms with Crippen molar-refractivity contribution in [1.82, 2.24) is 5.32 Å². The zero-order valence-electron chi connectivity index (χ0n) is 11.1.